The molecule has 0 bridgehead atoms. The minimum atomic E-state index is 0.0473. The zero-order valence-corrected chi connectivity index (χ0v) is 9.43. The normalized spacial score (nSPS) is 19.5. The van der Waals surface area contributed by atoms with Crippen LogP contribution < -0.4 is 11.1 Å². The number of anilines is 2. The number of hydrogen-bond acceptors (Lipinski definition) is 3. The Kier molecular flexibility index (Phi) is 2.86. The number of carbonyl (C=O) groups is 1. The van der Waals surface area contributed by atoms with Crippen LogP contribution >= 0.6 is 11.8 Å². The van der Waals surface area contributed by atoms with Crippen LogP contribution in [0.4, 0.5) is 11.4 Å². The van der Waals surface area contributed by atoms with Crippen LogP contribution in [0, 0.1) is 0 Å². The summed E-state index contributed by atoms with van der Waals surface area (Å²) in [6.07, 6.45) is 1.94. The van der Waals surface area contributed by atoms with Crippen molar-refractivity contribution in [1.29, 1.82) is 0 Å². The van der Waals surface area contributed by atoms with Gasteiger partial charge in [-0.1, -0.05) is 13.3 Å². The fourth-order valence-electron chi connectivity index (χ4n) is 1.62. The van der Waals surface area contributed by atoms with Crippen molar-refractivity contribution in [2.75, 3.05) is 11.1 Å². The lowest BCUT2D eigenvalue weighted by Crippen LogP contribution is -2.28. The van der Waals surface area contributed by atoms with Gasteiger partial charge in [-0.3, -0.25) is 4.79 Å². The van der Waals surface area contributed by atoms with Crippen molar-refractivity contribution in [1.82, 2.24) is 0 Å². The van der Waals surface area contributed by atoms with Gasteiger partial charge in [0.2, 0.25) is 5.91 Å². The van der Waals surface area contributed by atoms with Crippen molar-refractivity contribution < 1.29 is 4.79 Å². The van der Waals surface area contributed by atoms with E-state index in [2.05, 4.69) is 12.2 Å². The summed E-state index contributed by atoms with van der Waals surface area (Å²) in [5.41, 5.74) is 7.19. The number of nitrogens with two attached hydrogens (primary N) is 1. The third kappa shape index (κ3) is 2.09. The number of carbonyl (C=O) groups excluding carboxylic acids is 1. The molecule has 2 rings (SSSR count). The zero-order chi connectivity index (χ0) is 10.8. The lowest BCUT2D eigenvalue weighted by atomic mass is 10.2. The second-order valence-electron chi connectivity index (χ2n) is 3.64. The van der Waals surface area contributed by atoms with Crippen LogP contribution in [-0.4, -0.2) is 11.2 Å². The van der Waals surface area contributed by atoms with Crippen LogP contribution in [0.25, 0.3) is 0 Å². The molecule has 1 aliphatic rings. The molecule has 1 heterocycles. The third-order valence-corrected chi connectivity index (χ3v) is 3.72. The van der Waals surface area contributed by atoms with Crippen LogP contribution in [0.1, 0.15) is 19.8 Å². The Hall–Kier alpha value is -1.16. The molecule has 1 amide bonds. The van der Waals surface area contributed by atoms with Gasteiger partial charge < -0.3 is 11.1 Å². The summed E-state index contributed by atoms with van der Waals surface area (Å²) >= 11 is 1.63. The highest BCUT2D eigenvalue weighted by Crippen LogP contribution is 2.38. The molecule has 1 unspecified atom stereocenters. The number of hydrogen-bond donors (Lipinski definition) is 2. The Bertz CT molecular complexity index is 392. The topological polar surface area (TPSA) is 55.1 Å². The highest BCUT2D eigenvalue weighted by Gasteiger charge is 2.25. The molecular weight excluding hydrogens is 208 g/mol. The Labute approximate surface area is 93.4 Å². The molecule has 0 aromatic heterocycles. The Morgan fingerprint density at radius 2 is 2.33 bits per heavy atom. The average Bonchev–Trinajstić information content (AvgIpc) is 2.20. The van der Waals surface area contributed by atoms with Gasteiger partial charge in [0.25, 0.3) is 0 Å². The first-order valence-corrected chi connectivity index (χ1v) is 5.95. The third-order valence-electron chi connectivity index (χ3n) is 2.37. The summed E-state index contributed by atoms with van der Waals surface area (Å²) in [6, 6.07) is 5.64. The first kappa shape index (κ1) is 10.4. The first-order valence-electron chi connectivity index (χ1n) is 5.07. The predicted molar refractivity (Wildman–Crippen MR) is 64.0 cm³/mol. The SMILES string of the molecule is CCCC1Sc2ccc(N)cc2NC1=O. The van der Waals surface area contributed by atoms with E-state index in [0.717, 1.165) is 23.4 Å². The van der Waals surface area contributed by atoms with E-state index >= 15 is 0 Å². The summed E-state index contributed by atoms with van der Waals surface area (Å²) in [5, 5.41) is 2.94. The lowest BCUT2D eigenvalue weighted by molar-refractivity contribution is -0.115. The van der Waals surface area contributed by atoms with Crippen molar-refractivity contribution in [2.45, 2.75) is 29.9 Å². The largest absolute Gasteiger partial charge is 0.399 e. The number of thioether (sulfide) groups is 1. The molecule has 1 atom stereocenters. The summed E-state index contributed by atoms with van der Waals surface area (Å²) in [4.78, 5) is 12.8. The minimum Gasteiger partial charge on any atom is -0.399 e. The summed E-state index contributed by atoms with van der Waals surface area (Å²) in [6.45, 7) is 2.09. The molecule has 15 heavy (non-hydrogen) atoms. The molecule has 0 fully saturated rings. The van der Waals surface area contributed by atoms with Gasteiger partial charge in [0.05, 0.1) is 10.9 Å². The van der Waals surface area contributed by atoms with Crippen LogP contribution in [0.3, 0.4) is 0 Å². The molecular formula is C11H14N2OS. The quantitative estimate of drug-likeness (QED) is 0.756. The van der Waals surface area contributed by atoms with Crippen LogP contribution in [0.5, 0.6) is 0 Å². The molecule has 0 saturated heterocycles. The van der Waals surface area contributed by atoms with Gasteiger partial charge in [0.15, 0.2) is 0 Å². The van der Waals surface area contributed by atoms with Crippen LogP contribution in [0.2, 0.25) is 0 Å². The average molecular weight is 222 g/mol. The number of nitrogen functional groups attached to an aromatic ring is 1. The predicted octanol–water partition coefficient (Wildman–Crippen LogP) is 2.48. The molecule has 0 radical (unpaired) electrons. The molecule has 3 N–H and O–H groups in total. The van der Waals surface area contributed by atoms with Crippen molar-refractivity contribution >= 4 is 29.0 Å². The molecule has 0 aliphatic carbocycles. The van der Waals surface area contributed by atoms with Gasteiger partial charge in [0, 0.05) is 10.6 Å². The van der Waals surface area contributed by atoms with E-state index in [1.807, 2.05) is 18.2 Å². The number of amides is 1. The van der Waals surface area contributed by atoms with Crippen LogP contribution in [0.15, 0.2) is 23.1 Å². The second kappa shape index (κ2) is 4.14. The van der Waals surface area contributed by atoms with Crippen molar-refractivity contribution in [3.63, 3.8) is 0 Å². The minimum absolute atomic E-state index is 0.0473. The van der Waals surface area contributed by atoms with Gasteiger partial charge >= 0.3 is 0 Å². The Balaban J connectivity index is 2.26. The number of rotatable bonds is 2. The number of benzene rings is 1. The van der Waals surface area contributed by atoms with E-state index in [1.54, 1.807) is 11.8 Å². The van der Waals surface area contributed by atoms with E-state index < -0.39 is 0 Å². The summed E-state index contributed by atoms with van der Waals surface area (Å²) in [7, 11) is 0. The zero-order valence-electron chi connectivity index (χ0n) is 8.62. The van der Waals surface area contributed by atoms with Gasteiger partial charge in [-0.25, -0.2) is 0 Å². The first-order chi connectivity index (χ1) is 7.20. The maximum absolute atomic E-state index is 11.7. The monoisotopic (exact) mass is 222 g/mol. The molecule has 1 aromatic carbocycles. The van der Waals surface area contributed by atoms with E-state index in [1.165, 1.54) is 0 Å². The van der Waals surface area contributed by atoms with E-state index in [4.69, 9.17) is 5.73 Å². The van der Waals surface area contributed by atoms with E-state index in [0.29, 0.717) is 5.69 Å². The Morgan fingerprint density at radius 3 is 3.07 bits per heavy atom. The molecule has 3 nitrogen and oxygen atoms in total. The highest BCUT2D eigenvalue weighted by atomic mass is 32.2. The van der Waals surface area contributed by atoms with Crippen LogP contribution in [-0.2, 0) is 4.79 Å². The molecule has 0 saturated carbocycles. The van der Waals surface area contributed by atoms with Gasteiger partial charge in [-0.2, -0.15) is 0 Å². The maximum Gasteiger partial charge on any atom is 0.237 e. The molecule has 80 valence electrons. The maximum atomic E-state index is 11.7. The van der Waals surface area contributed by atoms with Crippen molar-refractivity contribution in [3.8, 4) is 0 Å². The summed E-state index contributed by atoms with van der Waals surface area (Å²) < 4.78 is 0. The number of fused-ring (bicyclic) bond motifs is 1. The summed E-state index contributed by atoms with van der Waals surface area (Å²) in [5.74, 6) is 0.0972. The molecule has 4 heteroatoms. The fraction of sp³-hybridized carbons (Fsp3) is 0.364. The van der Waals surface area contributed by atoms with Crippen molar-refractivity contribution in [2.24, 2.45) is 0 Å². The van der Waals surface area contributed by atoms with Gasteiger partial charge in [0.1, 0.15) is 0 Å². The number of nitrogens with one attached hydrogen (secondary N) is 1. The standard InChI is InChI=1S/C11H14N2OS/c1-2-3-10-11(14)13-8-6-7(12)4-5-9(8)15-10/h4-6,10H,2-3,12H2,1H3,(H,13,14). The lowest BCUT2D eigenvalue weighted by Gasteiger charge is -2.23. The van der Waals surface area contributed by atoms with Gasteiger partial charge in [-0.05, 0) is 24.6 Å². The fourth-order valence-corrected chi connectivity index (χ4v) is 2.83. The van der Waals surface area contributed by atoms with E-state index in [9.17, 15) is 4.79 Å². The second-order valence-corrected chi connectivity index (χ2v) is 4.88. The van der Waals surface area contributed by atoms with Gasteiger partial charge in [-0.15, -0.1) is 11.8 Å². The molecule has 0 spiro atoms. The van der Waals surface area contributed by atoms with E-state index in [-0.39, 0.29) is 11.2 Å². The Morgan fingerprint density at radius 1 is 1.53 bits per heavy atom. The van der Waals surface area contributed by atoms with Crippen molar-refractivity contribution in [3.05, 3.63) is 18.2 Å². The molecule has 1 aliphatic heterocycles. The highest BCUT2D eigenvalue weighted by molar-refractivity contribution is 8.01. The molecule has 1 aromatic rings. The smallest absolute Gasteiger partial charge is 0.237 e.